The van der Waals surface area contributed by atoms with Crippen molar-refractivity contribution in [3.05, 3.63) is 0 Å². The molecule has 0 radical (unpaired) electrons. The zero-order chi connectivity index (χ0) is 32.3. The van der Waals surface area contributed by atoms with Crippen LogP contribution in [-0.2, 0) is 9.47 Å². The molecule has 8 unspecified atom stereocenters. The van der Waals surface area contributed by atoms with Crippen LogP contribution in [0.5, 0.6) is 0 Å². The molecule has 4 heterocycles. The van der Waals surface area contributed by atoms with Crippen molar-refractivity contribution in [2.45, 2.75) is 119 Å². The number of nitrogens with zero attached hydrogens (tertiary/aromatic N) is 3. The Kier molecular flexibility index (Phi) is 9.55. The number of hydrazine groups is 1. The topological polar surface area (TPSA) is 112 Å². The molecule has 4 aliphatic heterocycles. The lowest BCUT2D eigenvalue weighted by atomic mass is 9.81. The molecule has 6 rings (SSSR count). The van der Waals surface area contributed by atoms with E-state index in [0.29, 0.717) is 38.3 Å². The van der Waals surface area contributed by atoms with E-state index >= 15 is 0 Å². The maximum Gasteiger partial charge on any atom is 0.406 e. The van der Waals surface area contributed by atoms with E-state index in [1.54, 1.807) is 12.1 Å². The molecule has 0 bridgehead atoms. The molecule has 45 heavy (non-hydrogen) atoms. The molecule has 0 aromatic carbocycles. The van der Waals surface area contributed by atoms with Crippen molar-refractivity contribution in [3.63, 3.8) is 0 Å². The van der Waals surface area contributed by atoms with Crippen molar-refractivity contribution in [3.8, 4) is 0 Å². The highest BCUT2D eigenvalue weighted by Gasteiger charge is 2.55. The lowest BCUT2D eigenvalue weighted by Crippen LogP contribution is -2.73. The summed E-state index contributed by atoms with van der Waals surface area (Å²) in [5, 5.41) is 24.6. The minimum Gasteiger partial charge on any atom is -0.366 e. The second-order valence-electron chi connectivity index (χ2n) is 13.6. The summed E-state index contributed by atoms with van der Waals surface area (Å²) in [5.41, 5.74) is 2.62. The van der Waals surface area contributed by atoms with Crippen LogP contribution in [0.25, 0.3) is 0 Å². The van der Waals surface area contributed by atoms with Crippen LogP contribution in [0.4, 0.5) is 26.3 Å². The van der Waals surface area contributed by atoms with Gasteiger partial charge in [0.15, 0.2) is 5.96 Å². The normalized spacial score (nSPS) is 41.0. The van der Waals surface area contributed by atoms with Gasteiger partial charge in [-0.15, -0.1) is 0 Å². The average molecular weight is 656 g/mol. The lowest BCUT2D eigenvalue weighted by molar-refractivity contribution is -0.158. The molecule has 11 nitrogen and oxygen atoms in total. The van der Waals surface area contributed by atoms with Crippen molar-refractivity contribution in [2.75, 3.05) is 34.0 Å². The molecule has 0 aromatic heterocycles. The number of ether oxygens (including phenoxy) is 2. The number of halogens is 6. The fourth-order valence-electron chi connectivity index (χ4n) is 8.55. The minimum absolute atomic E-state index is 0.0298. The van der Waals surface area contributed by atoms with Gasteiger partial charge in [0.25, 0.3) is 0 Å². The summed E-state index contributed by atoms with van der Waals surface area (Å²) < 4.78 is 92.8. The van der Waals surface area contributed by atoms with Crippen LogP contribution in [0.1, 0.15) is 51.9 Å². The van der Waals surface area contributed by atoms with Gasteiger partial charge in [-0.3, -0.25) is 21.4 Å². The van der Waals surface area contributed by atoms with Crippen molar-refractivity contribution >= 4 is 5.96 Å². The second kappa shape index (κ2) is 12.9. The Morgan fingerprint density at radius 2 is 1.67 bits per heavy atom. The number of alkyl halides is 6. The van der Waals surface area contributed by atoms with Crippen molar-refractivity contribution < 1.29 is 35.8 Å². The smallest absolute Gasteiger partial charge is 0.366 e. The van der Waals surface area contributed by atoms with E-state index in [0.717, 1.165) is 17.7 Å². The molecule has 4 saturated heterocycles. The van der Waals surface area contributed by atoms with E-state index in [4.69, 9.17) is 14.9 Å². The standard InChI is InChI=1S/C28H47F6N9O2/c1-14(15-6-8-17(9-7-15)43-20(44-2)10-19(40-43)28(32,33)34)42-24-18(41(26(42)35)12-27(29,30)31)11-36-23(39-24)21-22(16-4-5-16)37-13-38-25(21)45-3/h14-25,35-40H,4-13H2,1-3H3/t14-,15?,17?,18?,19?,20?,21?,22?,23?,24?,25?/m1/s1. The molecule has 258 valence electrons. The molecule has 17 heteroatoms. The monoisotopic (exact) mass is 655 g/mol. The third-order valence-corrected chi connectivity index (χ3v) is 11.0. The Balaban J connectivity index is 1.17. The molecule has 0 amide bonds. The maximum atomic E-state index is 13.8. The Morgan fingerprint density at radius 1 is 0.956 bits per heavy atom. The SMILES string of the molecule is COC1NCNC(C2CC2)C1C1NCC2C(N1)N([C@H](C)C1CCC(N3NC(C(F)(F)F)CC3OC)CC1)C(=N)N2CC(F)(F)F. The molecular weight excluding hydrogens is 608 g/mol. The highest BCUT2D eigenvalue weighted by molar-refractivity contribution is 5.81. The van der Waals surface area contributed by atoms with E-state index in [9.17, 15) is 26.3 Å². The first-order chi connectivity index (χ1) is 21.3. The quantitative estimate of drug-likeness (QED) is 0.217. The molecule has 0 aromatic rings. The number of fused-ring (bicyclic) bond motifs is 1. The van der Waals surface area contributed by atoms with Gasteiger partial charge in [-0.2, -0.15) is 26.3 Å². The highest BCUT2D eigenvalue weighted by Crippen LogP contribution is 2.41. The Morgan fingerprint density at radius 3 is 2.27 bits per heavy atom. The van der Waals surface area contributed by atoms with Crippen LogP contribution >= 0.6 is 0 Å². The van der Waals surface area contributed by atoms with E-state index in [1.807, 2.05) is 11.8 Å². The summed E-state index contributed by atoms with van der Waals surface area (Å²) >= 11 is 0. The summed E-state index contributed by atoms with van der Waals surface area (Å²) in [6, 6.07) is -2.50. The molecule has 0 spiro atoms. The zero-order valence-electron chi connectivity index (χ0n) is 25.9. The van der Waals surface area contributed by atoms with Crippen LogP contribution in [0.3, 0.4) is 0 Å². The van der Waals surface area contributed by atoms with Gasteiger partial charge in [-0.05, 0) is 57.3 Å². The van der Waals surface area contributed by atoms with Gasteiger partial charge in [0.1, 0.15) is 31.2 Å². The Bertz CT molecular complexity index is 1040. The van der Waals surface area contributed by atoms with Gasteiger partial charge < -0.3 is 24.6 Å². The second-order valence-corrected chi connectivity index (χ2v) is 13.6. The summed E-state index contributed by atoms with van der Waals surface area (Å²) in [6.45, 7) is 1.64. The average Bonchev–Trinajstić information content (AvgIpc) is 3.69. The zero-order valence-corrected chi connectivity index (χ0v) is 25.9. The maximum absolute atomic E-state index is 13.8. The fourth-order valence-corrected chi connectivity index (χ4v) is 8.55. The van der Waals surface area contributed by atoms with Gasteiger partial charge in [0.2, 0.25) is 0 Å². The van der Waals surface area contributed by atoms with Gasteiger partial charge in [-0.25, -0.2) is 10.4 Å². The number of methoxy groups -OCH3 is 2. The van der Waals surface area contributed by atoms with Gasteiger partial charge in [0.05, 0.1) is 12.2 Å². The molecule has 2 aliphatic carbocycles. The number of hydrogen-bond acceptors (Lipinski definition) is 9. The molecule has 6 N–H and O–H groups in total. The summed E-state index contributed by atoms with van der Waals surface area (Å²) in [4.78, 5) is 2.97. The van der Waals surface area contributed by atoms with E-state index in [-0.39, 0.29) is 61.3 Å². The Labute approximate surface area is 259 Å². The largest absolute Gasteiger partial charge is 0.406 e. The first-order valence-electron chi connectivity index (χ1n) is 16.1. The molecule has 6 fully saturated rings. The van der Waals surface area contributed by atoms with Crippen LogP contribution in [0, 0.1) is 23.2 Å². The van der Waals surface area contributed by atoms with Gasteiger partial charge in [0, 0.05) is 57.9 Å². The van der Waals surface area contributed by atoms with Crippen molar-refractivity contribution in [1.29, 1.82) is 5.41 Å². The van der Waals surface area contributed by atoms with Crippen LogP contribution in [0.2, 0.25) is 0 Å². The molecule has 9 atom stereocenters. The third kappa shape index (κ3) is 6.78. The van der Waals surface area contributed by atoms with E-state index in [1.165, 1.54) is 7.11 Å². The first kappa shape index (κ1) is 33.4. The summed E-state index contributed by atoms with van der Waals surface area (Å²) in [7, 11) is 3.07. The van der Waals surface area contributed by atoms with Gasteiger partial charge in [-0.1, -0.05) is 0 Å². The third-order valence-electron chi connectivity index (χ3n) is 11.0. The summed E-state index contributed by atoms with van der Waals surface area (Å²) in [6.07, 6.45) is -5.95. The minimum atomic E-state index is -4.48. The van der Waals surface area contributed by atoms with E-state index in [2.05, 4.69) is 26.7 Å². The number of guanidine groups is 1. The van der Waals surface area contributed by atoms with Crippen molar-refractivity contribution in [2.24, 2.45) is 17.8 Å². The van der Waals surface area contributed by atoms with Crippen LogP contribution in [0.15, 0.2) is 0 Å². The van der Waals surface area contributed by atoms with Gasteiger partial charge >= 0.3 is 12.4 Å². The predicted molar refractivity (Wildman–Crippen MR) is 152 cm³/mol. The fraction of sp³-hybridized carbons (Fsp3) is 0.964. The summed E-state index contributed by atoms with van der Waals surface area (Å²) in [5.74, 6) is 0.383. The molecular formula is C28H47F6N9O2. The number of nitrogens with one attached hydrogen (secondary N) is 6. The number of hydrogen-bond donors (Lipinski definition) is 6. The first-order valence-corrected chi connectivity index (χ1v) is 16.1. The molecule has 6 aliphatic rings. The highest BCUT2D eigenvalue weighted by atomic mass is 19.4. The molecule has 2 saturated carbocycles. The van der Waals surface area contributed by atoms with E-state index < -0.39 is 43.4 Å². The van der Waals surface area contributed by atoms with Crippen molar-refractivity contribution in [1.82, 2.24) is 41.5 Å². The Hall–Kier alpha value is -1.47. The lowest BCUT2D eigenvalue weighted by Gasteiger charge is -2.49. The van der Waals surface area contributed by atoms with Crippen LogP contribution < -0.4 is 26.7 Å². The number of rotatable bonds is 8. The predicted octanol–water partition coefficient (Wildman–Crippen LogP) is 1.89. The van der Waals surface area contributed by atoms with Crippen LogP contribution in [-0.4, -0.2) is 122 Å².